The Morgan fingerprint density at radius 1 is 1.16 bits per heavy atom. The van der Waals surface area contributed by atoms with E-state index in [2.05, 4.69) is 16.8 Å². The van der Waals surface area contributed by atoms with Crippen molar-refractivity contribution < 1.29 is 19.8 Å². The zero-order valence-electron chi connectivity index (χ0n) is 15.4. The molecule has 0 aromatic carbocycles. The first kappa shape index (κ1) is 20.1. The molecule has 8 nitrogen and oxygen atoms in total. The zero-order chi connectivity index (χ0) is 18.6. The lowest BCUT2D eigenvalue weighted by Crippen LogP contribution is -2.60. The van der Waals surface area contributed by atoms with Gasteiger partial charge in [-0.15, -0.1) is 0 Å². The largest absolute Gasteiger partial charge is 0.480 e. The van der Waals surface area contributed by atoms with Crippen molar-refractivity contribution in [3.63, 3.8) is 0 Å². The molecule has 1 heterocycles. The number of carboxylic acids is 2. The Labute approximate surface area is 149 Å². The molecule has 8 heteroatoms. The standard InChI is InChI=1S/C17H32N4O4/c1-19-11-17(7-8-18,20(2)9-15(22)23)12-21(10-16(24)25)14-6-4-3-5-13(14)19/h13-14H,3-12,18H2,1-2H3,(H,22,23)(H,24,25)/t13-,14-,17?/m0/s1. The van der Waals surface area contributed by atoms with Crippen LogP contribution in [0.5, 0.6) is 0 Å². The Kier molecular flexibility index (Phi) is 6.79. The molecular formula is C17H32N4O4. The highest BCUT2D eigenvalue weighted by Crippen LogP contribution is 2.34. The van der Waals surface area contributed by atoms with Crippen LogP contribution in [0, 0.1) is 0 Å². The maximum Gasteiger partial charge on any atom is 0.317 e. The smallest absolute Gasteiger partial charge is 0.317 e. The van der Waals surface area contributed by atoms with E-state index in [-0.39, 0.29) is 19.1 Å². The van der Waals surface area contributed by atoms with Gasteiger partial charge in [0.1, 0.15) is 0 Å². The van der Waals surface area contributed by atoms with E-state index in [0.29, 0.717) is 32.1 Å². The number of rotatable bonds is 7. The third-order valence-corrected chi connectivity index (χ3v) is 5.90. The van der Waals surface area contributed by atoms with Gasteiger partial charge >= 0.3 is 11.9 Å². The van der Waals surface area contributed by atoms with Crippen LogP contribution in [0.15, 0.2) is 0 Å². The van der Waals surface area contributed by atoms with Crippen LogP contribution < -0.4 is 5.73 Å². The first-order chi connectivity index (χ1) is 11.8. The number of carboxylic acid groups (broad SMARTS) is 2. The van der Waals surface area contributed by atoms with Gasteiger partial charge < -0.3 is 15.9 Å². The van der Waals surface area contributed by atoms with Crippen molar-refractivity contribution in [1.29, 1.82) is 0 Å². The molecule has 0 spiro atoms. The van der Waals surface area contributed by atoms with Crippen molar-refractivity contribution in [3.05, 3.63) is 0 Å². The van der Waals surface area contributed by atoms with E-state index in [1.54, 1.807) is 0 Å². The van der Waals surface area contributed by atoms with Crippen molar-refractivity contribution in [2.45, 2.75) is 49.7 Å². The molecule has 0 aromatic rings. The molecule has 0 amide bonds. The second-order valence-electron chi connectivity index (χ2n) is 7.65. The maximum absolute atomic E-state index is 11.5. The number of nitrogens with zero attached hydrogens (tertiary/aromatic N) is 3. The van der Waals surface area contributed by atoms with Crippen LogP contribution in [0.3, 0.4) is 0 Å². The average molecular weight is 356 g/mol. The van der Waals surface area contributed by atoms with Crippen LogP contribution in [-0.2, 0) is 9.59 Å². The Hall–Kier alpha value is -1.22. The van der Waals surface area contributed by atoms with Gasteiger partial charge in [-0.3, -0.25) is 24.3 Å². The molecule has 1 aliphatic heterocycles. The molecule has 1 saturated carbocycles. The van der Waals surface area contributed by atoms with Gasteiger partial charge in [0.05, 0.1) is 13.1 Å². The van der Waals surface area contributed by atoms with Crippen LogP contribution in [0.4, 0.5) is 0 Å². The van der Waals surface area contributed by atoms with Gasteiger partial charge in [0, 0.05) is 30.7 Å². The number of aliphatic carboxylic acids is 2. The van der Waals surface area contributed by atoms with Crippen LogP contribution in [0.2, 0.25) is 0 Å². The molecule has 144 valence electrons. The van der Waals surface area contributed by atoms with Crippen LogP contribution >= 0.6 is 0 Å². The summed E-state index contributed by atoms with van der Waals surface area (Å²) in [7, 11) is 3.89. The normalized spacial score (nSPS) is 31.5. The Morgan fingerprint density at radius 2 is 1.80 bits per heavy atom. The predicted octanol–water partition coefficient (Wildman–Crippen LogP) is -0.266. The van der Waals surface area contributed by atoms with Crippen LogP contribution in [-0.4, -0.2) is 101 Å². The molecule has 1 aliphatic carbocycles. The van der Waals surface area contributed by atoms with E-state index >= 15 is 0 Å². The minimum absolute atomic E-state index is 0.0117. The third-order valence-electron chi connectivity index (χ3n) is 5.90. The summed E-state index contributed by atoms with van der Waals surface area (Å²) in [6.45, 7) is 1.58. The highest BCUT2D eigenvalue weighted by molar-refractivity contribution is 5.69. The highest BCUT2D eigenvalue weighted by atomic mass is 16.4. The molecule has 25 heavy (non-hydrogen) atoms. The molecule has 2 rings (SSSR count). The van der Waals surface area contributed by atoms with Crippen molar-refractivity contribution in [3.8, 4) is 0 Å². The molecule has 4 N–H and O–H groups in total. The lowest BCUT2D eigenvalue weighted by atomic mass is 9.88. The minimum atomic E-state index is -0.881. The Morgan fingerprint density at radius 3 is 2.36 bits per heavy atom. The summed E-state index contributed by atoms with van der Waals surface area (Å²) in [5, 5.41) is 18.7. The quantitative estimate of drug-likeness (QED) is 0.572. The van der Waals surface area contributed by atoms with E-state index in [4.69, 9.17) is 5.73 Å². The number of hydrogen-bond donors (Lipinski definition) is 3. The SMILES string of the molecule is CN1CC(CCN)(N(C)CC(=O)O)CN(CC(=O)O)[C@H]2CCCC[C@@H]21. The van der Waals surface area contributed by atoms with Crippen LogP contribution in [0.25, 0.3) is 0 Å². The summed E-state index contributed by atoms with van der Waals surface area (Å²) in [4.78, 5) is 29.0. The first-order valence-electron chi connectivity index (χ1n) is 9.08. The fourth-order valence-electron chi connectivity index (χ4n) is 4.74. The van der Waals surface area contributed by atoms with Crippen molar-refractivity contribution in [1.82, 2.24) is 14.7 Å². The van der Waals surface area contributed by atoms with E-state index in [1.165, 1.54) is 0 Å². The fraction of sp³-hybridized carbons (Fsp3) is 0.882. The van der Waals surface area contributed by atoms with E-state index in [9.17, 15) is 19.8 Å². The molecule has 1 saturated heterocycles. The number of hydrogen-bond acceptors (Lipinski definition) is 6. The van der Waals surface area contributed by atoms with Gasteiger partial charge in [0.15, 0.2) is 0 Å². The monoisotopic (exact) mass is 356 g/mol. The van der Waals surface area contributed by atoms with Crippen LogP contribution in [0.1, 0.15) is 32.1 Å². The van der Waals surface area contributed by atoms with Crippen molar-refractivity contribution >= 4 is 11.9 Å². The summed E-state index contributed by atoms with van der Waals surface area (Å²) in [5.41, 5.74) is 5.41. The summed E-state index contributed by atoms with van der Waals surface area (Å²) < 4.78 is 0. The summed E-state index contributed by atoms with van der Waals surface area (Å²) in [5.74, 6) is -1.72. The van der Waals surface area contributed by atoms with E-state index in [1.807, 2.05) is 11.9 Å². The molecule has 0 radical (unpaired) electrons. The number of likely N-dealkylation sites (N-methyl/N-ethyl adjacent to an activating group) is 2. The van der Waals surface area contributed by atoms with Gasteiger partial charge in [-0.1, -0.05) is 12.8 Å². The molecule has 2 fully saturated rings. The molecular weight excluding hydrogens is 324 g/mol. The third kappa shape index (κ3) is 4.69. The van der Waals surface area contributed by atoms with E-state index < -0.39 is 17.5 Å². The number of fused-ring (bicyclic) bond motifs is 1. The first-order valence-corrected chi connectivity index (χ1v) is 9.08. The highest BCUT2D eigenvalue weighted by Gasteiger charge is 2.46. The Balaban J connectivity index is 2.37. The molecule has 0 aromatic heterocycles. The minimum Gasteiger partial charge on any atom is -0.480 e. The molecule has 3 atom stereocenters. The zero-order valence-corrected chi connectivity index (χ0v) is 15.4. The topological polar surface area (TPSA) is 110 Å². The summed E-state index contributed by atoms with van der Waals surface area (Å²) in [6.07, 6.45) is 4.94. The molecule has 0 bridgehead atoms. The van der Waals surface area contributed by atoms with Gasteiger partial charge in [0.25, 0.3) is 0 Å². The number of nitrogens with two attached hydrogens (primary N) is 1. The van der Waals surface area contributed by atoms with Gasteiger partial charge in [-0.2, -0.15) is 0 Å². The van der Waals surface area contributed by atoms with Crippen molar-refractivity contribution in [2.24, 2.45) is 5.73 Å². The second-order valence-corrected chi connectivity index (χ2v) is 7.65. The summed E-state index contributed by atoms with van der Waals surface area (Å²) >= 11 is 0. The maximum atomic E-state index is 11.5. The summed E-state index contributed by atoms with van der Waals surface area (Å²) in [6, 6.07) is 0.513. The van der Waals surface area contributed by atoms with Gasteiger partial charge in [-0.05, 0) is 39.9 Å². The molecule has 1 unspecified atom stereocenters. The molecule has 2 aliphatic rings. The van der Waals surface area contributed by atoms with E-state index in [0.717, 1.165) is 25.7 Å². The second kappa shape index (κ2) is 8.44. The lowest BCUT2D eigenvalue weighted by Gasteiger charge is -2.44. The predicted molar refractivity (Wildman–Crippen MR) is 94.6 cm³/mol. The lowest BCUT2D eigenvalue weighted by molar-refractivity contribution is -0.142. The number of carbonyl (C=O) groups is 2. The average Bonchev–Trinajstić information content (AvgIpc) is 2.63. The fourth-order valence-corrected chi connectivity index (χ4v) is 4.74. The van der Waals surface area contributed by atoms with Gasteiger partial charge in [0.2, 0.25) is 0 Å². The van der Waals surface area contributed by atoms with Gasteiger partial charge in [-0.25, -0.2) is 0 Å². The van der Waals surface area contributed by atoms with Crippen molar-refractivity contribution in [2.75, 3.05) is 46.8 Å². The Bertz CT molecular complexity index is 489.